The van der Waals surface area contributed by atoms with Crippen LogP contribution in [0.4, 0.5) is 0 Å². The van der Waals surface area contributed by atoms with Gasteiger partial charge >= 0.3 is 0 Å². The molecule has 3 rings (SSSR count). The van der Waals surface area contributed by atoms with Crippen LogP contribution in [0.15, 0.2) is 48.5 Å². The second-order valence-electron chi connectivity index (χ2n) is 7.23. The molecule has 0 aromatic heterocycles. The smallest absolute Gasteiger partial charge is 0.224 e. The number of ketones is 1. The maximum Gasteiger partial charge on any atom is 0.224 e. The number of Topliss-reactive ketones (excluding diaryl/α,β-unsaturated/α-hetero) is 1. The molecule has 148 valence electrons. The van der Waals surface area contributed by atoms with Gasteiger partial charge in [0.15, 0.2) is 5.78 Å². The predicted molar refractivity (Wildman–Crippen MR) is 110 cm³/mol. The second-order valence-corrected chi connectivity index (χ2v) is 7.23. The van der Waals surface area contributed by atoms with Gasteiger partial charge in [0.2, 0.25) is 5.91 Å². The van der Waals surface area contributed by atoms with Crippen molar-refractivity contribution in [3.8, 4) is 5.75 Å². The Labute approximate surface area is 166 Å². The molecule has 1 atom stereocenters. The molecule has 0 bridgehead atoms. The highest BCUT2D eigenvalue weighted by atomic mass is 16.5. The van der Waals surface area contributed by atoms with Crippen molar-refractivity contribution < 1.29 is 14.3 Å². The molecule has 0 aliphatic carbocycles. The molecule has 1 amide bonds. The number of ether oxygens (including phenoxy) is 1. The summed E-state index contributed by atoms with van der Waals surface area (Å²) < 4.78 is 5.36. The average molecular weight is 380 g/mol. The molecule has 0 radical (unpaired) electrons. The van der Waals surface area contributed by atoms with E-state index >= 15 is 0 Å². The zero-order chi connectivity index (χ0) is 19.9. The number of rotatable bonds is 8. The summed E-state index contributed by atoms with van der Waals surface area (Å²) in [5.41, 5.74) is 2.54. The van der Waals surface area contributed by atoms with Crippen molar-refractivity contribution in [2.45, 2.75) is 32.2 Å². The number of benzene rings is 2. The first kappa shape index (κ1) is 20.1. The molecule has 1 aliphatic heterocycles. The molecule has 1 heterocycles. The van der Waals surface area contributed by atoms with Crippen LogP contribution in [-0.2, 0) is 11.2 Å². The maximum absolute atomic E-state index is 12.6. The number of nitrogens with zero attached hydrogens (tertiary/aromatic N) is 1. The van der Waals surface area contributed by atoms with E-state index < -0.39 is 0 Å². The third-order valence-corrected chi connectivity index (χ3v) is 5.30. The molecule has 28 heavy (non-hydrogen) atoms. The first-order valence-electron chi connectivity index (χ1n) is 9.82. The molecule has 5 heteroatoms. The van der Waals surface area contributed by atoms with Crippen LogP contribution in [0.2, 0.25) is 0 Å². The minimum absolute atomic E-state index is 0.0255. The quantitative estimate of drug-likeness (QED) is 0.713. The molecular formula is C23H28N2O3. The van der Waals surface area contributed by atoms with Crippen molar-refractivity contribution in [2.75, 3.05) is 26.7 Å². The van der Waals surface area contributed by atoms with Gasteiger partial charge < -0.3 is 10.1 Å². The zero-order valence-corrected chi connectivity index (χ0v) is 16.6. The lowest BCUT2D eigenvalue weighted by molar-refractivity contribution is -0.120. The van der Waals surface area contributed by atoms with Gasteiger partial charge in [0.1, 0.15) is 5.75 Å². The summed E-state index contributed by atoms with van der Waals surface area (Å²) in [6.07, 6.45) is 2.59. The minimum atomic E-state index is -0.0702. The summed E-state index contributed by atoms with van der Waals surface area (Å²) in [5.74, 6) is 0.529. The minimum Gasteiger partial charge on any atom is -0.496 e. The molecule has 1 unspecified atom stereocenters. The van der Waals surface area contributed by atoms with Gasteiger partial charge in [0.05, 0.1) is 19.6 Å². The molecule has 2 aromatic carbocycles. The molecule has 1 saturated heterocycles. The van der Waals surface area contributed by atoms with E-state index in [4.69, 9.17) is 4.74 Å². The molecule has 0 spiro atoms. The van der Waals surface area contributed by atoms with Crippen LogP contribution in [0.5, 0.6) is 5.75 Å². The van der Waals surface area contributed by atoms with E-state index in [2.05, 4.69) is 22.3 Å². The maximum atomic E-state index is 12.6. The first-order chi connectivity index (χ1) is 13.6. The van der Waals surface area contributed by atoms with Gasteiger partial charge in [-0.1, -0.05) is 30.3 Å². The van der Waals surface area contributed by atoms with Crippen LogP contribution in [0.25, 0.3) is 0 Å². The molecule has 1 fully saturated rings. The summed E-state index contributed by atoms with van der Waals surface area (Å²) >= 11 is 0. The van der Waals surface area contributed by atoms with Crippen molar-refractivity contribution in [3.63, 3.8) is 0 Å². The van der Waals surface area contributed by atoms with Crippen molar-refractivity contribution in [1.29, 1.82) is 0 Å². The van der Waals surface area contributed by atoms with E-state index in [1.54, 1.807) is 25.3 Å². The molecule has 1 aliphatic rings. The van der Waals surface area contributed by atoms with Crippen LogP contribution in [-0.4, -0.2) is 43.3 Å². The van der Waals surface area contributed by atoms with Crippen molar-refractivity contribution in [2.24, 2.45) is 0 Å². The second kappa shape index (κ2) is 9.51. The summed E-state index contributed by atoms with van der Waals surface area (Å²) in [6, 6.07) is 15.7. The van der Waals surface area contributed by atoms with Crippen LogP contribution >= 0.6 is 0 Å². The summed E-state index contributed by atoms with van der Waals surface area (Å²) in [7, 11) is 1.57. The van der Waals surface area contributed by atoms with E-state index in [-0.39, 0.29) is 24.2 Å². The Hall–Kier alpha value is -2.66. The van der Waals surface area contributed by atoms with Crippen LogP contribution in [0, 0.1) is 0 Å². The lowest BCUT2D eigenvalue weighted by atomic mass is 10.0. The van der Waals surface area contributed by atoms with Gasteiger partial charge in [-0.15, -0.1) is 0 Å². The highest BCUT2D eigenvalue weighted by molar-refractivity contribution is 5.94. The number of nitrogens with one attached hydrogen (secondary N) is 1. The summed E-state index contributed by atoms with van der Waals surface area (Å²) in [5, 5.41) is 3.09. The Bertz CT molecular complexity index is 814. The Balaban J connectivity index is 1.68. The molecule has 1 N–H and O–H groups in total. The highest BCUT2D eigenvalue weighted by Crippen LogP contribution is 2.25. The number of carbonyl (C=O) groups excluding carboxylic acids is 2. The summed E-state index contributed by atoms with van der Waals surface area (Å²) in [6.45, 7) is 4.21. The lowest BCUT2D eigenvalue weighted by Crippen LogP contribution is -2.37. The van der Waals surface area contributed by atoms with E-state index in [0.29, 0.717) is 17.9 Å². The van der Waals surface area contributed by atoms with Gasteiger partial charge in [-0.25, -0.2) is 0 Å². The summed E-state index contributed by atoms with van der Waals surface area (Å²) in [4.78, 5) is 26.7. The number of hydrogen-bond acceptors (Lipinski definition) is 4. The van der Waals surface area contributed by atoms with E-state index in [1.807, 2.05) is 18.2 Å². The Morgan fingerprint density at radius 2 is 1.82 bits per heavy atom. The molecule has 2 aromatic rings. The normalized spacial score (nSPS) is 15.2. The van der Waals surface area contributed by atoms with E-state index in [9.17, 15) is 9.59 Å². The monoisotopic (exact) mass is 380 g/mol. The van der Waals surface area contributed by atoms with Crippen molar-refractivity contribution >= 4 is 11.7 Å². The third kappa shape index (κ3) is 4.98. The fraction of sp³-hybridized carbons (Fsp3) is 0.391. The van der Waals surface area contributed by atoms with Gasteiger partial charge in [-0.3, -0.25) is 14.5 Å². The lowest BCUT2D eigenvalue weighted by Gasteiger charge is -2.28. The highest BCUT2D eigenvalue weighted by Gasteiger charge is 2.24. The first-order valence-corrected chi connectivity index (χ1v) is 9.82. The van der Waals surface area contributed by atoms with Crippen molar-refractivity contribution in [1.82, 2.24) is 10.2 Å². The Morgan fingerprint density at radius 1 is 1.11 bits per heavy atom. The SMILES string of the molecule is COc1ccc(C(C)=O)cc1CC(=O)NCC(c1ccccc1)N1CCCC1. The van der Waals surface area contributed by atoms with Gasteiger partial charge in [0, 0.05) is 17.7 Å². The Kier molecular flexibility index (Phi) is 6.82. The standard InChI is InChI=1S/C23H28N2O3/c1-17(26)19-10-11-22(28-2)20(14-19)15-23(27)24-16-21(25-12-6-7-13-25)18-8-4-3-5-9-18/h3-5,8-11,14,21H,6-7,12-13,15-16H2,1-2H3,(H,24,27). The molecule has 5 nitrogen and oxygen atoms in total. The number of amides is 1. The Morgan fingerprint density at radius 3 is 2.46 bits per heavy atom. The largest absolute Gasteiger partial charge is 0.496 e. The molecule has 0 saturated carbocycles. The number of methoxy groups -OCH3 is 1. The predicted octanol–water partition coefficient (Wildman–Crippen LogP) is 3.39. The van der Waals surface area contributed by atoms with Gasteiger partial charge in [-0.05, 0) is 56.6 Å². The average Bonchev–Trinajstić information content (AvgIpc) is 3.23. The number of hydrogen-bond donors (Lipinski definition) is 1. The third-order valence-electron chi connectivity index (χ3n) is 5.30. The van der Waals surface area contributed by atoms with E-state index in [1.165, 1.54) is 25.3 Å². The van der Waals surface area contributed by atoms with E-state index in [0.717, 1.165) is 18.7 Å². The van der Waals surface area contributed by atoms with Gasteiger partial charge in [0.25, 0.3) is 0 Å². The van der Waals surface area contributed by atoms with Crippen LogP contribution < -0.4 is 10.1 Å². The van der Waals surface area contributed by atoms with Crippen LogP contribution in [0.1, 0.15) is 47.3 Å². The van der Waals surface area contributed by atoms with Crippen molar-refractivity contribution in [3.05, 3.63) is 65.2 Å². The number of carbonyl (C=O) groups is 2. The van der Waals surface area contributed by atoms with Crippen LogP contribution in [0.3, 0.4) is 0 Å². The molecular weight excluding hydrogens is 352 g/mol. The fourth-order valence-electron chi connectivity index (χ4n) is 3.77. The zero-order valence-electron chi connectivity index (χ0n) is 16.6. The van der Waals surface area contributed by atoms with Gasteiger partial charge in [-0.2, -0.15) is 0 Å². The topological polar surface area (TPSA) is 58.6 Å². The number of likely N-dealkylation sites (tertiary alicyclic amines) is 1. The fourth-order valence-corrected chi connectivity index (χ4v) is 3.77.